The molecule has 2 aromatic rings. The van der Waals surface area contributed by atoms with E-state index in [1.807, 2.05) is 12.1 Å². The van der Waals surface area contributed by atoms with Crippen LogP contribution in [0.1, 0.15) is 43.1 Å². The Balaban J connectivity index is 1.76. The Morgan fingerprint density at radius 2 is 1.43 bits per heavy atom. The van der Waals surface area contributed by atoms with Crippen molar-refractivity contribution in [3.8, 4) is 0 Å². The van der Waals surface area contributed by atoms with Crippen LogP contribution in [0.15, 0.2) is 34.1 Å². The average Bonchev–Trinajstić information content (AvgIpc) is 2.99. The van der Waals surface area contributed by atoms with E-state index < -0.39 is 20.0 Å². The molecule has 1 atom stereocenters. The summed E-state index contributed by atoms with van der Waals surface area (Å²) in [6.07, 6.45) is 0.985. The molecule has 10 heteroatoms. The Morgan fingerprint density at radius 1 is 0.933 bits per heavy atom. The molecule has 0 saturated carbocycles. The van der Waals surface area contributed by atoms with Crippen LogP contribution in [0.25, 0.3) is 0 Å². The summed E-state index contributed by atoms with van der Waals surface area (Å²) in [5, 5.41) is 4.20. The fourth-order valence-electron chi connectivity index (χ4n) is 3.76. The molecule has 1 fully saturated rings. The number of hydrogen-bond acceptors (Lipinski definition) is 5. The third-order valence-electron chi connectivity index (χ3n) is 5.94. The first kappa shape index (κ1) is 22.9. The average molecular weight is 455 g/mol. The second-order valence-corrected chi connectivity index (χ2v) is 11.6. The van der Waals surface area contributed by atoms with Crippen LogP contribution in [0.3, 0.4) is 0 Å². The fraction of sp³-hybridized carbons (Fsp3) is 0.550. The highest BCUT2D eigenvalue weighted by Gasteiger charge is 2.36. The Bertz CT molecular complexity index is 1110. The lowest BCUT2D eigenvalue weighted by molar-refractivity contribution is 0.272. The van der Waals surface area contributed by atoms with Crippen LogP contribution in [-0.4, -0.2) is 61.4 Å². The molecule has 0 aliphatic carbocycles. The maximum absolute atomic E-state index is 13.1. The van der Waals surface area contributed by atoms with E-state index in [1.165, 1.54) is 8.61 Å². The number of benzene rings is 1. The van der Waals surface area contributed by atoms with E-state index in [2.05, 4.69) is 18.9 Å². The molecule has 3 rings (SSSR count). The van der Waals surface area contributed by atoms with Gasteiger partial charge in [-0.05, 0) is 43.9 Å². The molecule has 1 unspecified atom stereocenters. The minimum Gasteiger partial charge on any atom is -0.271 e. The van der Waals surface area contributed by atoms with Crippen LogP contribution in [0, 0.1) is 13.8 Å². The van der Waals surface area contributed by atoms with Crippen molar-refractivity contribution in [3.63, 3.8) is 0 Å². The normalized spacial score (nSPS) is 17.9. The summed E-state index contributed by atoms with van der Waals surface area (Å²) in [5.74, 6) is 0.370. The van der Waals surface area contributed by atoms with Crippen LogP contribution in [0.5, 0.6) is 0 Å². The molecule has 1 aliphatic heterocycles. The summed E-state index contributed by atoms with van der Waals surface area (Å²) in [6, 6.07) is 7.00. The highest BCUT2D eigenvalue weighted by Crippen LogP contribution is 2.26. The predicted molar refractivity (Wildman–Crippen MR) is 115 cm³/mol. The zero-order valence-electron chi connectivity index (χ0n) is 18.2. The molecular weight excluding hydrogens is 424 g/mol. The van der Waals surface area contributed by atoms with E-state index >= 15 is 0 Å². The van der Waals surface area contributed by atoms with E-state index in [0.717, 1.165) is 12.0 Å². The van der Waals surface area contributed by atoms with E-state index in [-0.39, 0.29) is 36.0 Å². The summed E-state index contributed by atoms with van der Waals surface area (Å²) in [7, 11) is -5.68. The monoisotopic (exact) mass is 454 g/mol. The first-order valence-electron chi connectivity index (χ1n) is 10.1. The third-order valence-corrected chi connectivity index (χ3v) is 10.0. The summed E-state index contributed by atoms with van der Waals surface area (Å²) < 4.78 is 56.5. The zero-order chi connectivity index (χ0) is 22.3. The van der Waals surface area contributed by atoms with Gasteiger partial charge in [-0.1, -0.05) is 26.0 Å². The van der Waals surface area contributed by atoms with Gasteiger partial charge >= 0.3 is 0 Å². The van der Waals surface area contributed by atoms with Crippen molar-refractivity contribution in [1.82, 2.24) is 18.4 Å². The van der Waals surface area contributed by atoms with Crippen molar-refractivity contribution in [2.24, 2.45) is 7.05 Å². The summed E-state index contributed by atoms with van der Waals surface area (Å²) in [6.45, 7) is 8.05. The van der Waals surface area contributed by atoms with Crippen LogP contribution >= 0.6 is 0 Å². The van der Waals surface area contributed by atoms with Gasteiger partial charge < -0.3 is 0 Å². The van der Waals surface area contributed by atoms with E-state index in [0.29, 0.717) is 17.3 Å². The highest BCUT2D eigenvalue weighted by atomic mass is 32.2. The molecule has 30 heavy (non-hydrogen) atoms. The second kappa shape index (κ2) is 8.41. The number of piperazine rings is 1. The molecule has 2 heterocycles. The Morgan fingerprint density at radius 3 is 1.87 bits per heavy atom. The van der Waals surface area contributed by atoms with Gasteiger partial charge in [0.25, 0.3) is 0 Å². The summed E-state index contributed by atoms with van der Waals surface area (Å²) >= 11 is 0. The standard InChI is InChI=1S/C20H30N4O4S2/c1-6-15(2)18-7-9-19(10-8-18)29(25,26)23-11-13-24(14-12-23)30(27,28)20-16(3)21-22(5)17(20)4/h7-10,15H,6,11-14H2,1-5H3. The van der Waals surface area contributed by atoms with Crippen LogP contribution in [0.2, 0.25) is 0 Å². The van der Waals surface area contributed by atoms with Gasteiger partial charge in [-0.15, -0.1) is 0 Å². The number of rotatable bonds is 6. The smallest absolute Gasteiger partial charge is 0.246 e. The highest BCUT2D eigenvalue weighted by molar-refractivity contribution is 7.89. The number of nitrogens with zero attached hydrogens (tertiary/aromatic N) is 4. The van der Waals surface area contributed by atoms with E-state index in [9.17, 15) is 16.8 Å². The van der Waals surface area contributed by atoms with Gasteiger partial charge in [0.15, 0.2) is 0 Å². The lowest BCUT2D eigenvalue weighted by Crippen LogP contribution is -2.50. The van der Waals surface area contributed by atoms with Crippen molar-refractivity contribution in [2.75, 3.05) is 26.2 Å². The van der Waals surface area contributed by atoms with Crippen LogP contribution in [-0.2, 0) is 27.1 Å². The second-order valence-electron chi connectivity index (χ2n) is 7.81. The molecular formula is C20H30N4O4S2. The third kappa shape index (κ3) is 4.05. The molecule has 0 radical (unpaired) electrons. The summed E-state index contributed by atoms with van der Waals surface area (Å²) in [5.41, 5.74) is 2.13. The van der Waals surface area contributed by atoms with Crippen LogP contribution < -0.4 is 0 Å². The number of sulfonamides is 2. The first-order chi connectivity index (χ1) is 14.0. The minimum atomic E-state index is -3.73. The van der Waals surface area contributed by atoms with Gasteiger partial charge in [-0.25, -0.2) is 16.8 Å². The molecule has 1 saturated heterocycles. The zero-order valence-corrected chi connectivity index (χ0v) is 19.8. The molecule has 8 nitrogen and oxygen atoms in total. The molecule has 166 valence electrons. The van der Waals surface area contributed by atoms with Gasteiger partial charge in [-0.2, -0.15) is 13.7 Å². The molecule has 0 amide bonds. The van der Waals surface area contributed by atoms with Crippen molar-refractivity contribution < 1.29 is 16.8 Å². The minimum absolute atomic E-state index is 0.111. The molecule has 1 aliphatic rings. The van der Waals surface area contributed by atoms with Gasteiger partial charge in [0.2, 0.25) is 20.0 Å². The number of aryl methyl sites for hydroxylation is 2. The van der Waals surface area contributed by atoms with Gasteiger partial charge in [0.1, 0.15) is 4.90 Å². The fourth-order valence-corrected chi connectivity index (χ4v) is 7.00. The van der Waals surface area contributed by atoms with E-state index in [4.69, 9.17) is 0 Å². The van der Waals surface area contributed by atoms with Crippen molar-refractivity contribution in [1.29, 1.82) is 0 Å². The molecule has 0 N–H and O–H groups in total. The quantitative estimate of drug-likeness (QED) is 0.667. The predicted octanol–water partition coefficient (Wildman–Crippen LogP) is 2.25. The number of hydrogen-bond donors (Lipinski definition) is 0. The van der Waals surface area contributed by atoms with Crippen molar-refractivity contribution in [2.45, 2.75) is 49.8 Å². The number of aromatic nitrogens is 2. The van der Waals surface area contributed by atoms with Gasteiger partial charge in [0, 0.05) is 33.2 Å². The largest absolute Gasteiger partial charge is 0.271 e. The maximum atomic E-state index is 13.1. The molecule has 0 bridgehead atoms. The van der Waals surface area contributed by atoms with Crippen molar-refractivity contribution in [3.05, 3.63) is 41.2 Å². The van der Waals surface area contributed by atoms with Crippen LogP contribution in [0.4, 0.5) is 0 Å². The van der Waals surface area contributed by atoms with Crippen molar-refractivity contribution >= 4 is 20.0 Å². The molecule has 0 spiro atoms. The Kier molecular flexibility index (Phi) is 6.43. The Hall–Kier alpha value is -1.75. The first-order valence-corrected chi connectivity index (χ1v) is 13.0. The lowest BCUT2D eigenvalue weighted by Gasteiger charge is -2.33. The summed E-state index contributed by atoms with van der Waals surface area (Å²) in [4.78, 5) is 0.451. The SMILES string of the molecule is CCC(C)c1ccc(S(=O)(=O)N2CCN(S(=O)(=O)c3c(C)nn(C)c3C)CC2)cc1. The lowest BCUT2D eigenvalue weighted by atomic mass is 9.99. The molecule has 1 aromatic heterocycles. The van der Waals surface area contributed by atoms with E-state index in [1.54, 1.807) is 37.7 Å². The van der Waals surface area contributed by atoms with Gasteiger partial charge in [0.05, 0.1) is 16.3 Å². The Labute approximate surface area is 179 Å². The maximum Gasteiger partial charge on any atom is 0.246 e. The topological polar surface area (TPSA) is 92.6 Å². The molecule has 1 aromatic carbocycles. The van der Waals surface area contributed by atoms with Gasteiger partial charge in [-0.3, -0.25) is 4.68 Å².